The van der Waals surface area contributed by atoms with E-state index in [2.05, 4.69) is 10.3 Å². The topological polar surface area (TPSA) is 24.9 Å². The summed E-state index contributed by atoms with van der Waals surface area (Å²) in [6.07, 6.45) is 3.51. The summed E-state index contributed by atoms with van der Waals surface area (Å²) in [6, 6.07) is 9.20. The van der Waals surface area contributed by atoms with Gasteiger partial charge in [-0.15, -0.1) is 0 Å². The molecular formula is C14H15FN2. The van der Waals surface area contributed by atoms with Crippen molar-refractivity contribution >= 4 is 5.69 Å². The van der Waals surface area contributed by atoms with E-state index >= 15 is 0 Å². The zero-order chi connectivity index (χ0) is 12.3. The van der Waals surface area contributed by atoms with E-state index in [-0.39, 0.29) is 11.9 Å². The van der Waals surface area contributed by atoms with Crippen molar-refractivity contribution in [2.24, 2.45) is 0 Å². The largest absolute Gasteiger partial charge is 0.378 e. The Balaban J connectivity index is 2.13. The number of hydrogen-bond acceptors (Lipinski definition) is 2. The zero-order valence-corrected chi connectivity index (χ0v) is 9.94. The van der Waals surface area contributed by atoms with E-state index in [1.165, 1.54) is 6.07 Å². The number of rotatable bonds is 3. The SMILES string of the molecule is Cc1ccc(NC(C)c2ccncc2)cc1F. The maximum atomic E-state index is 13.4. The minimum atomic E-state index is -0.183. The highest BCUT2D eigenvalue weighted by molar-refractivity contribution is 5.47. The highest BCUT2D eigenvalue weighted by Crippen LogP contribution is 2.20. The summed E-state index contributed by atoms with van der Waals surface area (Å²) in [5, 5.41) is 3.26. The minimum absolute atomic E-state index is 0.125. The molecule has 88 valence electrons. The van der Waals surface area contributed by atoms with Crippen LogP contribution in [0.25, 0.3) is 0 Å². The molecular weight excluding hydrogens is 215 g/mol. The van der Waals surface area contributed by atoms with Crippen molar-refractivity contribution in [3.63, 3.8) is 0 Å². The second-order valence-corrected chi connectivity index (χ2v) is 4.11. The van der Waals surface area contributed by atoms with Gasteiger partial charge in [0.2, 0.25) is 0 Å². The molecule has 3 heteroatoms. The van der Waals surface area contributed by atoms with Crippen LogP contribution in [-0.4, -0.2) is 4.98 Å². The zero-order valence-electron chi connectivity index (χ0n) is 9.94. The third kappa shape index (κ3) is 2.81. The Morgan fingerprint density at radius 3 is 2.53 bits per heavy atom. The summed E-state index contributed by atoms with van der Waals surface area (Å²) in [5.74, 6) is -0.183. The number of nitrogens with one attached hydrogen (secondary N) is 1. The van der Waals surface area contributed by atoms with Crippen molar-refractivity contribution in [1.82, 2.24) is 4.98 Å². The smallest absolute Gasteiger partial charge is 0.128 e. The molecule has 0 saturated heterocycles. The first-order valence-electron chi connectivity index (χ1n) is 5.59. The van der Waals surface area contributed by atoms with Crippen LogP contribution in [0.3, 0.4) is 0 Å². The van der Waals surface area contributed by atoms with Crippen LogP contribution in [0.4, 0.5) is 10.1 Å². The lowest BCUT2D eigenvalue weighted by Gasteiger charge is -2.15. The van der Waals surface area contributed by atoms with Gasteiger partial charge in [-0.2, -0.15) is 0 Å². The number of hydrogen-bond donors (Lipinski definition) is 1. The molecule has 0 spiro atoms. The van der Waals surface area contributed by atoms with Crippen molar-refractivity contribution in [2.75, 3.05) is 5.32 Å². The first-order chi connectivity index (χ1) is 8.16. The van der Waals surface area contributed by atoms with Crippen LogP contribution in [0.5, 0.6) is 0 Å². The van der Waals surface area contributed by atoms with Crippen LogP contribution < -0.4 is 5.32 Å². The first kappa shape index (κ1) is 11.6. The Labute approximate surface area is 101 Å². The molecule has 0 saturated carbocycles. The monoisotopic (exact) mass is 230 g/mol. The molecule has 2 rings (SSSR count). The molecule has 0 radical (unpaired) electrons. The minimum Gasteiger partial charge on any atom is -0.378 e. The van der Waals surface area contributed by atoms with Crippen molar-refractivity contribution < 1.29 is 4.39 Å². The highest BCUT2D eigenvalue weighted by atomic mass is 19.1. The Morgan fingerprint density at radius 1 is 1.18 bits per heavy atom. The molecule has 1 atom stereocenters. The Morgan fingerprint density at radius 2 is 1.88 bits per heavy atom. The van der Waals surface area contributed by atoms with Crippen molar-refractivity contribution in [3.8, 4) is 0 Å². The van der Waals surface area contributed by atoms with Gasteiger partial charge in [-0.3, -0.25) is 4.98 Å². The van der Waals surface area contributed by atoms with E-state index in [4.69, 9.17) is 0 Å². The maximum Gasteiger partial charge on any atom is 0.128 e. The van der Waals surface area contributed by atoms with Gasteiger partial charge in [-0.05, 0) is 49.2 Å². The molecule has 1 heterocycles. The van der Waals surface area contributed by atoms with E-state index in [1.807, 2.05) is 25.1 Å². The molecule has 1 N–H and O–H groups in total. The molecule has 2 nitrogen and oxygen atoms in total. The van der Waals surface area contributed by atoms with E-state index in [0.717, 1.165) is 11.3 Å². The lowest BCUT2D eigenvalue weighted by Crippen LogP contribution is -2.06. The Kier molecular flexibility index (Phi) is 3.38. The molecule has 0 fully saturated rings. The number of aryl methyl sites for hydroxylation is 1. The van der Waals surface area contributed by atoms with Gasteiger partial charge in [-0.25, -0.2) is 4.39 Å². The Hall–Kier alpha value is -1.90. The fourth-order valence-corrected chi connectivity index (χ4v) is 1.67. The van der Waals surface area contributed by atoms with E-state index in [0.29, 0.717) is 5.56 Å². The summed E-state index contributed by atoms with van der Waals surface area (Å²) in [6.45, 7) is 3.79. The second kappa shape index (κ2) is 4.95. The van der Waals surface area contributed by atoms with Crippen molar-refractivity contribution in [2.45, 2.75) is 19.9 Å². The number of nitrogens with zero attached hydrogens (tertiary/aromatic N) is 1. The molecule has 17 heavy (non-hydrogen) atoms. The molecule has 0 aliphatic carbocycles. The molecule has 0 aliphatic rings. The normalized spacial score (nSPS) is 12.2. The molecule has 1 aromatic carbocycles. The van der Waals surface area contributed by atoms with Gasteiger partial charge in [0.15, 0.2) is 0 Å². The van der Waals surface area contributed by atoms with Crippen LogP contribution in [-0.2, 0) is 0 Å². The standard InChI is InChI=1S/C14H15FN2/c1-10-3-4-13(9-14(10)15)17-11(2)12-5-7-16-8-6-12/h3-9,11,17H,1-2H3. The summed E-state index contributed by atoms with van der Waals surface area (Å²) in [4.78, 5) is 3.97. The fraction of sp³-hybridized carbons (Fsp3) is 0.214. The number of pyridine rings is 1. The molecule has 1 unspecified atom stereocenters. The summed E-state index contributed by atoms with van der Waals surface area (Å²) in [5.41, 5.74) is 2.57. The molecule has 0 amide bonds. The third-order valence-electron chi connectivity index (χ3n) is 2.76. The van der Waals surface area contributed by atoms with Crippen LogP contribution in [0.1, 0.15) is 24.1 Å². The number of anilines is 1. The van der Waals surface area contributed by atoms with Crippen LogP contribution in [0.2, 0.25) is 0 Å². The molecule has 1 aromatic heterocycles. The van der Waals surface area contributed by atoms with Crippen molar-refractivity contribution in [1.29, 1.82) is 0 Å². The second-order valence-electron chi connectivity index (χ2n) is 4.11. The average molecular weight is 230 g/mol. The van der Waals surface area contributed by atoms with Gasteiger partial charge in [0.1, 0.15) is 5.82 Å². The first-order valence-corrected chi connectivity index (χ1v) is 5.59. The van der Waals surface area contributed by atoms with Gasteiger partial charge in [-0.1, -0.05) is 6.07 Å². The van der Waals surface area contributed by atoms with Gasteiger partial charge in [0.05, 0.1) is 0 Å². The average Bonchev–Trinajstić information content (AvgIpc) is 2.35. The lowest BCUT2D eigenvalue weighted by atomic mass is 10.1. The van der Waals surface area contributed by atoms with Crippen LogP contribution in [0, 0.1) is 12.7 Å². The summed E-state index contributed by atoms with van der Waals surface area (Å²) >= 11 is 0. The predicted octanol–water partition coefficient (Wildman–Crippen LogP) is 3.70. The molecule has 0 aliphatic heterocycles. The van der Waals surface area contributed by atoms with Crippen LogP contribution >= 0.6 is 0 Å². The van der Waals surface area contributed by atoms with Gasteiger partial charge < -0.3 is 5.32 Å². The van der Waals surface area contributed by atoms with Gasteiger partial charge in [0.25, 0.3) is 0 Å². The lowest BCUT2D eigenvalue weighted by molar-refractivity contribution is 0.618. The highest BCUT2D eigenvalue weighted by Gasteiger charge is 2.05. The summed E-state index contributed by atoms with van der Waals surface area (Å²) in [7, 11) is 0. The fourth-order valence-electron chi connectivity index (χ4n) is 1.67. The molecule has 2 aromatic rings. The van der Waals surface area contributed by atoms with Crippen LogP contribution in [0.15, 0.2) is 42.7 Å². The van der Waals surface area contributed by atoms with Crippen molar-refractivity contribution in [3.05, 3.63) is 59.7 Å². The van der Waals surface area contributed by atoms with E-state index < -0.39 is 0 Å². The third-order valence-corrected chi connectivity index (χ3v) is 2.76. The number of halogens is 1. The Bertz CT molecular complexity index is 497. The summed E-state index contributed by atoms with van der Waals surface area (Å²) < 4.78 is 13.4. The predicted molar refractivity (Wildman–Crippen MR) is 67.4 cm³/mol. The molecule has 0 bridgehead atoms. The van der Waals surface area contributed by atoms with E-state index in [1.54, 1.807) is 25.4 Å². The number of benzene rings is 1. The number of aromatic nitrogens is 1. The van der Waals surface area contributed by atoms with E-state index in [9.17, 15) is 4.39 Å². The maximum absolute atomic E-state index is 13.4. The quantitative estimate of drug-likeness (QED) is 0.869. The van der Waals surface area contributed by atoms with Gasteiger partial charge in [0, 0.05) is 24.1 Å². The van der Waals surface area contributed by atoms with Gasteiger partial charge >= 0.3 is 0 Å².